The number of aromatic nitrogens is 6. The molecule has 130 valence electrons. The molecule has 1 aliphatic heterocycles. The fourth-order valence-electron chi connectivity index (χ4n) is 3.16. The van der Waals surface area contributed by atoms with Crippen LogP contribution in [0.3, 0.4) is 0 Å². The Hall–Kier alpha value is -1.87. The minimum atomic E-state index is 0.164. The molecule has 1 atom stereocenters. The van der Waals surface area contributed by atoms with Gasteiger partial charge < -0.3 is 4.52 Å². The van der Waals surface area contributed by atoms with Crippen molar-refractivity contribution < 1.29 is 4.52 Å². The van der Waals surface area contributed by atoms with Crippen LogP contribution in [0.15, 0.2) is 4.52 Å². The first kappa shape index (κ1) is 15.6. The van der Waals surface area contributed by atoms with Gasteiger partial charge in [0, 0.05) is 32.6 Å². The van der Waals surface area contributed by atoms with Gasteiger partial charge in [-0.15, -0.1) is 5.10 Å². The number of piperazine rings is 1. The Morgan fingerprint density at radius 1 is 1.21 bits per heavy atom. The summed E-state index contributed by atoms with van der Waals surface area (Å²) in [5.74, 6) is 2.49. The van der Waals surface area contributed by atoms with Crippen LogP contribution in [-0.4, -0.2) is 66.3 Å². The lowest BCUT2D eigenvalue weighted by molar-refractivity contribution is 0.0823. The van der Waals surface area contributed by atoms with Crippen molar-refractivity contribution in [2.75, 3.05) is 26.2 Å². The Morgan fingerprint density at radius 3 is 2.67 bits per heavy atom. The number of tetrazole rings is 1. The fourth-order valence-corrected chi connectivity index (χ4v) is 3.16. The van der Waals surface area contributed by atoms with Crippen molar-refractivity contribution in [1.82, 2.24) is 40.1 Å². The van der Waals surface area contributed by atoms with Crippen LogP contribution in [0, 0.1) is 0 Å². The smallest absolute Gasteiger partial charge is 0.243 e. The lowest BCUT2D eigenvalue weighted by atomic mass is 10.2. The summed E-state index contributed by atoms with van der Waals surface area (Å²) < 4.78 is 7.39. The third-order valence-electron chi connectivity index (χ3n) is 4.93. The molecule has 0 bridgehead atoms. The quantitative estimate of drug-likeness (QED) is 0.768. The van der Waals surface area contributed by atoms with Crippen LogP contribution in [0.5, 0.6) is 0 Å². The highest BCUT2D eigenvalue weighted by Gasteiger charge is 2.30. The van der Waals surface area contributed by atoms with E-state index < -0.39 is 0 Å². The van der Waals surface area contributed by atoms with Gasteiger partial charge in [0.25, 0.3) is 0 Å². The molecule has 0 unspecified atom stereocenters. The highest BCUT2D eigenvalue weighted by Crippen LogP contribution is 2.34. The van der Waals surface area contributed by atoms with Gasteiger partial charge in [-0.05, 0) is 30.2 Å². The molecule has 0 N–H and O–H groups in total. The summed E-state index contributed by atoms with van der Waals surface area (Å²) in [6.07, 6.45) is 3.21. The number of rotatable bonds is 6. The maximum Gasteiger partial charge on any atom is 0.243 e. The largest absolute Gasteiger partial charge is 0.338 e. The predicted octanol–water partition coefficient (Wildman–Crippen LogP) is 0.832. The summed E-state index contributed by atoms with van der Waals surface area (Å²) in [6, 6.07) is 0.693. The zero-order valence-electron chi connectivity index (χ0n) is 14.3. The molecule has 2 aromatic rings. The van der Waals surface area contributed by atoms with E-state index in [9.17, 15) is 0 Å². The molecule has 9 heteroatoms. The van der Waals surface area contributed by atoms with E-state index in [1.54, 1.807) is 0 Å². The lowest BCUT2D eigenvalue weighted by Crippen LogP contribution is -2.47. The first-order chi connectivity index (χ1) is 11.7. The minimum absolute atomic E-state index is 0.164. The summed E-state index contributed by atoms with van der Waals surface area (Å²) in [4.78, 5) is 9.27. The van der Waals surface area contributed by atoms with Gasteiger partial charge in [-0.3, -0.25) is 9.80 Å². The summed E-state index contributed by atoms with van der Waals surface area (Å²) in [6.45, 7) is 8.95. The van der Waals surface area contributed by atoms with E-state index in [2.05, 4.69) is 42.4 Å². The van der Waals surface area contributed by atoms with Gasteiger partial charge in [-0.1, -0.05) is 12.1 Å². The van der Waals surface area contributed by atoms with Gasteiger partial charge in [-0.2, -0.15) is 4.98 Å². The van der Waals surface area contributed by atoms with E-state index in [-0.39, 0.29) is 6.04 Å². The van der Waals surface area contributed by atoms with Crippen LogP contribution in [0.2, 0.25) is 0 Å². The molecule has 0 amide bonds. The van der Waals surface area contributed by atoms with E-state index in [1.165, 1.54) is 12.8 Å². The number of aryl methyl sites for hydroxylation is 1. The van der Waals surface area contributed by atoms with Crippen LogP contribution in [0.1, 0.15) is 56.3 Å². The molecule has 0 radical (unpaired) electrons. The van der Waals surface area contributed by atoms with E-state index >= 15 is 0 Å². The number of hydrogen-bond donors (Lipinski definition) is 0. The average molecular weight is 332 g/mol. The molecule has 3 heterocycles. The van der Waals surface area contributed by atoms with Crippen molar-refractivity contribution in [3.63, 3.8) is 0 Å². The fraction of sp³-hybridized carbons (Fsp3) is 0.800. The van der Waals surface area contributed by atoms with Crippen LogP contribution < -0.4 is 0 Å². The van der Waals surface area contributed by atoms with Crippen molar-refractivity contribution in [2.24, 2.45) is 0 Å². The van der Waals surface area contributed by atoms with Gasteiger partial charge in [0.15, 0.2) is 11.6 Å². The summed E-state index contributed by atoms with van der Waals surface area (Å²) >= 11 is 0. The zero-order chi connectivity index (χ0) is 16.5. The second kappa shape index (κ2) is 6.56. The highest BCUT2D eigenvalue weighted by atomic mass is 16.5. The molecular weight excluding hydrogens is 308 g/mol. The second-order valence-corrected chi connectivity index (χ2v) is 6.66. The lowest BCUT2D eigenvalue weighted by Gasteiger charge is -2.36. The Balaban J connectivity index is 1.32. The second-order valence-electron chi connectivity index (χ2n) is 6.66. The highest BCUT2D eigenvalue weighted by molar-refractivity contribution is 4.94. The van der Waals surface area contributed by atoms with Gasteiger partial charge in [0.2, 0.25) is 5.89 Å². The zero-order valence-corrected chi connectivity index (χ0v) is 14.3. The molecule has 4 rings (SSSR count). The molecule has 2 aliphatic rings. The summed E-state index contributed by atoms with van der Waals surface area (Å²) in [5.41, 5.74) is 0. The standard InChI is InChI=1S/C15H24N8O/c1-3-13-16-15(24-18-13)11(2)22-8-6-21(7-9-22)10-14-17-19-20-23(14)12-4-5-12/h11-12H,3-10H2,1-2H3/t11-/m1/s1. The van der Waals surface area contributed by atoms with Crippen molar-refractivity contribution in [3.8, 4) is 0 Å². The van der Waals surface area contributed by atoms with Crippen molar-refractivity contribution in [2.45, 2.75) is 51.7 Å². The van der Waals surface area contributed by atoms with Crippen LogP contribution in [0.25, 0.3) is 0 Å². The van der Waals surface area contributed by atoms with E-state index in [0.717, 1.165) is 56.7 Å². The monoisotopic (exact) mass is 332 g/mol. The maximum absolute atomic E-state index is 5.39. The number of nitrogens with zero attached hydrogens (tertiary/aromatic N) is 8. The molecule has 2 fully saturated rings. The predicted molar refractivity (Wildman–Crippen MR) is 85.0 cm³/mol. The van der Waals surface area contributed by atoms with Gasteiger partial charge >= 0.3 is 0 Å². The first-order valence-corrected chi connectivity index (χ1v) is 8.80. The van der Waals surface area contributed by atoms with Gasteiger partial charge in [-0.25, -0.2) is 4.68 Å². The molecule has 0 aromatic carbocycles. The SMILES string of the molecule is CCc1noc([C@@H](C)N2CCN(Cc3nnnn3C3CC3)CC2)n1. The maximum atomic E-state index is 5.39. The van der Waals surface area contributed by atoms with Crippen LogP contribution in [0.4, 0.5) is 0 Å². The average Bonchev–Trinajstić information content (AvgIpc) is 3.16. The molecule has 1 saturated heterocycles. The third kappa shape index (κ3) is 3.18. The van der Waals surface area contributed by atoms with E-state index in [4.69, 9.17) is 4.52 Å². The Bertz CT molecular complexity index is 671. The minimum Gasteiger partial charge on any atom is -0.338 e. The topological polar surface area (TPSA) is 89.0 Å². The summed E-state index contributed by atoms with van der Waals surface area (Å²) in [7, 11) is 0. The Kier molecular flexibility index (Phi) is 4.28. The molecule has 24 heavy (non-hydrogen) atoms. The molecular formula is C15H24N8O. The molecule has 2 aromatic heterocycles. The molecule has 1 saturated carbocycles. The van der Waals surface area contributed by atoms with Crippen molar-refractivity contribution in [1.29, 1.82) is 0 Å². The molecule has 0 spiro atoms. The third-order valence-corrected chi connectivity index (χ3v) is 4.93. The Labute approximate surface area is 141 Å². The Morgan fingerprint density at radius 2 is 2.00 bits per heavy atom. The van der Waals surface area contributed by atoms with Crippen molar-refractivity contribution >= 4 is 0 Å². The van der Waals surface area contributed by atoms with Gasteiger partial charge in [0.05, 0.1) is 18.6 Å². The summed E-state index contributed by atoms with van der Waals surface area (Å²) in [5, 5.41) is 16.2. The number of hydrogen-bond acceptors (Lipinski definition) is 8. The normalized spacial score (nSPS) is 21.2. The van der Waals surface area contributed by atoms with Crippen molar-refractivity contribution in [3.05, 3.63) is 17.5 Å². The molecule has 1 aliphatic carbocycles. The first-order valence-electron chi connectivity index (χ1n) is 8.80. The molecule has 9 nitrogen and oxygen atoms in total. The van der Waals surface area contributed by atoms with E-state index in [0.29, 0.717) is 6.04 Å². The van der Waals surface area contributed by atoms with Crippen LogP contribution >= 0.6 is 0 Å². The van der Waals surface area contributed by atoms with Crippen LogP contribution in [-0.2, 0) is 13.0 Å². The van der Waals surface area contributed by atoms with Gasteiger partial charge in [0.1, 0.15) is 0 Å². The van der Waals surface area contributed by atoms with E-state index in [1.807, 2.05) is 11.6 Å².